The molecular formula is C16H23N. The van der Waals surface area contributed by atoms with Crippen LogP contribution in [0.2, 0.25) is 0 Å². The third-order valence-electron chi connectivity index (χ3n) is 5.32. The summed E-state index contributed by atoms with van der Waals surface area (Å²) in [6.07, 6.45) is 1.38. The smallest absolute Gasteiger partial charge is 0.0473 e. The van der Waals surface area contributed by atoms with E-state index in [0.29, 0.717) is 17.3 Å². The molecule has 0 spiro atoms. The predicted molar refractivity (Wildman–Crippen MR) is 71.4 cm³/mol. The molecule has 1 aromatic rings. The summed E-state index contributed by atoms with van der Waals surface area (Å²) >= 11 is 0. The highest BCUT2D eigenvalue weighted by Crippen LogP contribution is 2.65. The first-order valence-corrected chi connectivity index (χ1v) is 6.93. The minimum atomic E-state index is 0.493. The summed E-state index contributed by atoms with van der Waals surface area (Å²) in [5, 5.41) is 0. The van der Waals surface area contributed by atoms with Gasteiger partial charge in [0.1, 0.15) is 0 Å². The number of rotatable bonds is 1. The van der Waals surface area contributed by atoms with Crippen molar-refractivity contribution in [2.75, 3.05) is 0 Å². The van der Waals surface area contributed by atoms with Crippen molar-refractivity contribution in [3.63, 3.8) is 0 Å². The van der Waals surface area contributed by atoms with Gasteiger partial charge in [0.2, 0.25) is 0 Å². The molecule has 0 amide bonds. The average Bonchev–Trinajstić information content (AvgIpc) is 2.27. The number of hydrogen-bond acceptors (Lipinski definition) is 1. The van der Waals surface area contributed by atoms with Gasteiger partial charge in [0.05, 0.1) is 0 Å². The Hall–Kier alpha value is -0.850. The van der Waals surface area contributed by atoms with Gasteiger partial charge in [-0.2, -0.15) is 0 Å². The third kappa shape index (κ3) is 1.34. The summed E-state index contributed by atoms with van der Waals surface area (Å²) in [4.78, 5) is 4.94. The van der Waals surface area contributed by atoms with Crippen LogP contribution in [0.3, 0.4) is 0 Å². The Labute approximate surface area is 105 Å². The van der Waals surface area contributed by atoms with Gasteiger partial charge in [-0.3, -0.25) is 4.98 Å². The molecule has 3 atom stereocenters. The van der Waals surface area contributed by atoms with E-state index in [1.54, 1.807) is 0 Å². The number of hydrogen-bond donors (Lipinski definition) is 0. The van der Waals surface area contributed by atoms with E-state index < -0.39 is 0 Å². The molecular weight excluding hydrogens is 206 g/mol. The Morgan fingerprint density at radius 1 is 1.29 bits per heavy atom. The average molecular weight is 229 g/mol. The summed E-state index contributed by atoms with van der Waals surface area (Å²) in [5.41, 5.74) is 4.69. The minimum absolute atomic E-state index is 0.493. The Bertz CT molecular complexity index is 459. The first-order chi connectivity index (χ1) is 7.93. The van der Waals surface area contributed by atoms with E-state index in [4.69, 9.17) is 4.98 Å². The van der Waals surface area contributed by atoms with Crippen molar-refractivity contribution in [2.24, 2.45) is 11.3 Å². The Morgan fingerprint density at radius 2 is 2.00 bits per heavy atom. The predicted octanol–water partition coefficient (Wildman–Crippen LogP) is 4.45. The molecule has 0 N–H and O–H groups in total. The zero-order valence-corrected chi connectivity index (χ0v) is 11.6. The monoisotopic (exact) mass is 229 g/mol. The second kappa shape index (κ2) is 3.34. The van der Waals surface area contributed by atoms with Gasteiger partial charge in [0.15, 0.2) is 0 Å². The normalized spacial score (nSPS) is 33.2. The van der Waals surface area contributed by atoms with Gasteiger partial charge in [0.25, 0.3) is 0 Å². The van der Waals surface area contributed by atoms with Crippen LogP contribution in [0.4, 0.5) is 0 Å². The summed E-state index contributed by atoms with van der Waals surface area (Å²) in [6, 6.07) is 4.60. The summed E-state index contributed by atoms with van der Waals surface area (Å²) in [7, 11) is 0. The maximum absolute atomic E-state index is 4.94. The highest BCUT2D eigenvalue weighted by Gasteiger charge is 2.56. The van der Waals surface area contributed by atoms with Gasteiger partial charge < -0.3 is 0 Å². The van der Waals surface area contributed by atoms with Crippen molar-refractivity contribution < 1.29 is 0 Å². The fraction of sp³-hybridized carbons (Fsp3) is 0.688. The standard InChI is InChI=1S/C16H23N/c1-9(2)14-7-6-11-13-8-12(16(13,4)5)10(3)15(11)17-14/h6-7,9-10,12-13H,8H2,1-5H3/t10-,12+,13-/m0/s1. The van der Waals surface area contributed by atoms with Crippen LogP contribution < -0.4 is 0 Å². The zero-order valence-electron chi connectivity index (χ0n) is 11.6. The molecule has 1 fully saturated rings. The Morgan fingerprint density at radius 3 is 2.59 bits per heavy atom. The van der Waals surface area contributed by atoms with Crippen LogP contribution in [0, 0.1) is 11.3 Å². The van der Waals surface area contributed by atoms with Gasteiger partial charge in [-0.1, -0.05) is 40.7 Å². The molecule has 4 rings (SSSR count). The minimum Gasteiger partial charge on any atom is -0.257 e. The van der Waals surface area contributed by atoms with Crippen molar-refractivity contribution in [3.8, 4) is 0 Å². The lowest BCUT2D eigenvalue weighted by Gasteiger charge is -2.59. The Kier molecular flexibility index (Phi) is 2.21. The highest BCUT2D eigenvalue weighted by atomic mass is 14.8. The van der Waals surface area contributed by atoms with Crippen molar-refractivity contribution in [1.82, 2.24) is 4.98 Å². The molecule has 0 saturated heterocycles. The molecule has 3 aliphatic carbocycles. The van der Waals surface area contributed by atoms with Crippen LogP contribution in [0.25, 0.3) is 0 Å². The lowest BCUT2D eigenvalue weighted by molar-refractivity contribution is -0.00289. The molecule has 1 saturated carbocycles. The topological polar surface area (TPSA) is 12.9 Å². The Balaban J connectivity index is 2.10. The molecule has 0 aliphatic heterocycles. The van der Waals surface area contributed by atoms with E-state index >= 15 is 0 Å². The maximum atomic E-state index is 4.94. The van der Waals surface area contributed by atoms with Gasteiger partial charge >= 0.3 is 0 Å². The van der Waals surface area contributed by atoms with Crippen molar-refractivity contribution >= 4 is 0 Å². The molecule has 2 bridgehead atoms. The maximum Gasteiger partial charge on any atom is 0.0473 e. The summed E-state index contributed by atoms with van der Waals surface area (Å²) < 4.78 is 0. The molecule has 1 heterocycles. The van der Waals surface area contributed by atoms with E-state index in [0.717, 1.165) is 11.8 Å². The highest BCUT2D eigenvalue weighted by molar-refractivity contribution is 5.40. The van der Waals surface area contributed by atoms with E-state index in [-0.39, 0.29) is 0 Å². The molecule has 1 aromatic heterocycles. The lowest BCUT2D eigenvalue weighted by Crippen LogP contribution is -2.50. The lowest BCUT2D eigenvalue weighted by atomic mass is 9.45. The molecule has 3 aliphatic rings. The SMILES string of the molecule is CC(C)c1ccc2c(n1)[C@@H](C)[C@H]1C[C@@H]2C1(C)C. The van der Waals surface area contributed by atoms with Crippen LogP contribution in [0.15, 0.2) is 12.1 Å². The van der Waals surface area contributed by atoms with Gasteiger partial charge in [-0.25, -0.2) is 0 Å². The first kappa shape index (κ1) is 11.3. The zero-order chi connectivity index (χ0) is 12.4. The van der Waals surface area contributed by atoms with Crippen molar-refractivity contribution in [1.29, 1.82) is 0 Å². The van der Waals surface area contributed by atoms with Gasteiger partial charge in [-0.05, 0) is 41.2 Å². The molecule has 1 nitrogen and oxygen atoms in total. The van der Waals surface area contributed by atoms with E-state index in [2.05, 4.69) is 46.8 Å². The molecule has 17 heavy (non-hydrogen) atoms. The molecule has 0 radical (unpaired) electrons. The molecule has 1 heteroatoms. The largest absolute Gasteiger partial charge is 0.257 e. The summed E-state index contributed by atoms with van der Waals surface area (Å²) in [5.74, 6) is 2.78. The van der Waals surface area contributed by atoms with Gasteiger partial charge in [-0.15, -0.1) is 0 Å². The van der Waals surface area contributed by atoms with Crippen LogP contribution >= 0.6 is 0 Å². The number of aromatic nitrogens is 1. The van der Waals surface area contributed by atoms with Crippen LogP contribution in [0.5, 0.6) is 0 Å². The number of nitrogens with zero attached hydrogens (tertiary/aromatic N) is 1. The second-order valence-electron chi connectivity index (χ2n) is 6.87. The number of pyridine rings is 1. The fourth-order valence-electron chi connectivity index (χ4n) is 4.01. The van der Waals surface area contributed by atoms with E-state index in [9.17, 15) is 0 Å². The third-order valence-corrected chi connectivity index (χ3v) is 5.32. The van der Waals surface area contributed by atoms with Crippen molar-refractivity contribution in [2.45, 2.75) is 58.8 Å². The van der Waals surface area contributed by atoms with E-state index in [1.807, 2.05) is 0 Å². The van der Waals surface area contributed by atoms with Gasteiger partial charge in [0, 0.05) is 17.3 Å². The molecule has 0 aromatic carbocycles. The van der Waals surface area contributed by atoms with E-state index in [1.165, 1.54) is 23.4 Å². The molecule has 92 valence electrons. The van der Waals surface area contributed by atoms with Crippen LogP contribution in [-0.4, -0.2) is 4.98 Å². The molecule has 0 unspecified atom stereocenters. The van der Waals surface area contributed by atoms with Crippen molar-refractivity contribution in [3.05, 3.63) is 29.1 Å². The van der Waals surface area contributed by atoms with Crippen LogP contribution in [-0.2, 0) is 0 Å². The fourth-order valence-corrected chi connectivity index (χ4v) is 4.01. The summed E-state index contributed by atoms with van der Waals surface area (Å²) in [6.45, 7) is 11.7. The van der Waals surface area contributed by atoms with Crippen LogP contribution in [0.1, 0.15) is 75.7 Å². The quantitative estimate of drug-likeness (QED) is 0.693. The second-order valence-corrected chi connectivity index (χ2v) is 6.87. The first-order valence-electron chi connectivity index (χ1n) is 6.93.